The van der Waals surface area contributed by atoms with Crippen LogP contribution in [0.4, 0.5) is 4.39 Å². The number of H-pyrrole nitrogens is 1. The van der Waals surface area contributed by atoms with Crippen molar-refractivity contribution in [3.05, 3.63) is 29.7 Å². The molecule has 1 aromatic carbocycles. The van der Waals surface area contributed by atoms with Gasteiger partial charge in [0, 0.05) is 5.39 Å². The molecule has 0 spiro atoms. The number of ether oxygens (including phenoxy) is 1. The van der Waals surface area contributed by atoms with Gasteiger partial charge in [0.15, 0.2) is 0 Å². The number of halogens is 1. The molecular weight excluding hydrogens is 211 g/mol. The Morgan fingerprint density at radius 3 is 3.12 bits per heavy atom. The molecule has 5 heteroatoms. The maximum absolute atomic E-state index is 13.0. The van der Waals surface area contributed by atoms with Crippen molar-refractivity contribution in [2.75, 3.05) is 6.61 Å². The van der Waals surface area contributed by atoms with Crippen LogP contribution in [0.15, 0.2) is 18.2 Å². The van der Waals surface area contributed by atoms with Gasteiger partial charge in [-0.05, 0) is 25.1 Å². The Morgan fingerprint density at radius 2 is 2.38 bits per heavy atom. The summed E-state index contributed by atoms with van der Waals surface area (Å²) in [4.78, 5) is 11.3. The van der Waals surface area contributed by atoms with E-state index in [0.717, 1.165) is 0 Å². The molecule has 0 amide bonds. The summed E-state index contributed by atoms with van der Waals surface area (Å²) < 4.78 is 17.8. The lowest BCUT2D eigenvalue weighted by molar-refractivity contribution is -0.142. The number of nitrogens with one attached hydrogen (secondary N) is 1. The molecule has 0 atom stereocenters. The molecule has 0 aliphatic carbocycles. The number of aromatic nitrogens is 2. The number of hydrogen-bond acceptors (Lipinski definition) is 3. The molecule has 84 valence electrons. The zero-order valence-corrected chi connectivity index (χ0v) is 8.79. The normalized spacial score (nSPS) is 10.6. The van der Waals surface area contributed by atoms with E-state index in [9.17, 15) is 9.18 Å². The van der Waals surface area contributed by atoms with E-state index in [1.54, 1.807) is 13.0 Å². The van der Waals surface area contributed by atoms with Crippen molar-refractivity contribution in [1.82, 2.24) is 10.2 Å². The predicted molar refractivity (Wildman–Crippen MR) is 56.4 cm³/mol. The first kappa shape index (κ1) is 10.6. The fourth-order valence-corrected chi connectivity index (χ4v) is 1.53. The maximum atomic E-state index is 13.0. The minimum atomic E-state index is -0.350. The van der Waals surface area contributed by atoms with Crippen molar-refractivity contribution in [2.45, 2.75) is 13.3 Å². The third-order valence-electron chi connectivity index (χ3n) is 2.22. The standard InChI is InChI=1S/C11H11FN2O2/c1-2-16-11(15)6-10-8-5-7(12)3-4-9(8)13-14-10/h3-5H,2,6H2,1H3,(H,13,14). The van der Waals surface area contributed by atoms with Crippen molar-refractivity contribution in [1.29, 1.82) is 0 Å². The third kappa shape index (κ3) is 2.03. The first-order chi connectivity index (χ1) is 7.70. The quantitative estimate of drug-likeness (QED) is 0.806. The molecule has 16 heavy (non-hydrogen) atoms. The SMILES string of the molecule is CCOC(=O)Cc1[nH]nc2ccc(F)cc12. The van der Waals surface area contributed by atoms with Crippen LogP contribution in [0.3, 0.4) is 0 Å². The Kier molecular flexibility index (Phi) is 2.85. The average molecular weight is 222 g/mol. The van der Waals surface area contributed by atoms with Crippen LogP contribution in [0.1, 0.15) is 12.6 Å². The van der Waals surface area contributed by atoms with Crippen LogP contribution in [0, 0.1) is 5.82 Å². The van der Waals surface area contributed by atoms with Gasteiger partial charge in [0.25, 0.3) is 0 Å². The monoisotopic (exact) mass is 222 g/mol. The van der Waals surface area contributed by atoms with Crippen molar-refractivity contribution in [3.63, 3.8) is 0 Å². The van der Waals surface area contributed by atoms with E-state index in [2.05, 4.69) is 10.2 Å². The molecule has 2 rings (SSSR count). The summed E-state index contributed by atoms with van der Waals surface area (Å²) >= 11 is 0. The smallest absolute Gasteiger partial charge is 0.311 e. The molecule has 1 aromatic heterocycles. The Labute approximate surface area is 91.4 Å². The summed E-state index contributed by atoms with van der Waals surface area (Å²) in [7, 11) is 0. The highest BCUT2D eigenvalue weighted by Crippen LogP contribution is 2.17. The highest BCUT2D eigenvalue weighted by atomic mass is 19.1. The van der Waals surface area contributed by atoms with E-state index < -0.39 is 0 Å². The van der Waals surface area contributed by atoms with Gasteiger partial charge in [-0.25, -0.2) is 4.39 Å². The number of carbonyl (C=O) groups is 1. The summed E-state index contributed by atoms with van der Waals surface area (Å²) in [5.74, 6) is -0.698. The van der Waals surface area contributed by atoms with Gasteiger partial charge < -0.3 is 4.74 Å². The Morgan fingerprint density at radius 1 is 1.56 bits per heavy atom. The van der Waals surface area contributed by atoms with Crippen molar-refractivity contribution < 1.29 is 13.9 Å². The first-order valence-electron chi connectivity index (χ1n) is 4.99. The van der Waals surface area contributed by atoms with Gasteiger partial charge in [-0.3, -0.25) is 9.89 Å². The zero-order chi connectivity index (χ0) is 11.5. The molecule has 0 saturated heterocycles. The summed E-state index contributed by atoms with van der Waals surface area (Å²) in [5, 5.41) is 7.30. The van der Waals surface area contributed by atoms with Gasteiger partial charge in [0.05, 0.1) is 24.2 Å². The van der Waals surface area contributed by atoms with E-state index in [-0.39, 0.29) is 18.2 Å². The molecule has 0 aliphatic heterocycles. The summed E-state index contributed by atoms with van der Waals surface area (Å²) in [6, 6.07) is 4.25. The molecule has 1 heterocycles. The molecule has 1 N–H and O–H groups in total. The number of fused-ring (bicyclic) bond motifs is 1. The van der Waals surface area contributed by atoms with Crippen molar-refractivity contribution in [2.24, 2.45) is 0 Å². The Hall–Kier alpha value is -1.91. The molecule has 0 radical (unpaired) electrons. The Bertz CT molecular complexity index is 522. The third-order valence-corrected chi connectivity index (χ3v) is 2.22. The van der Waals surface area contributed by atoms with Crippen molar-refractivity contribution >= 4 is 16.9 Å². The van der Waals surface area contributed by atoms with E-state index >= 15 is 0 Å². The first-order valence-corrected chi connectivity index (χ1v) is 4.99. The molecular formula is C11H11FN2O2. The summed E-state index contributed by atoms with van der Waals surface area (Å²) in [5.41, 5.74) is 1.22. The van der Waals surface area contributed by atoms with Gasteiger partial charge in [0.2, 0.25) is 0 Å². The second-order valence-electron chi connectivity index (χ2n) is 3.35. The van der Waals surface area contributed by atoms with Gasteiger partial charge in [-0.15, -0.1) is 0 Å². The van der Waals surface area contributed by atoms with Crippen LogP contribution in [0.2, 0.25) is 0 Å². The largest absolute Gasteiger partial charge is 0.466 e. The summed E-state index contributed by atoms with van der Waals surface area (Å²) in [6.45, 7) is 2.07. The topological polar surface area (TPSA) is 55.0 Å². The van der Waals surface area contributed by atoms with Gasteiger partial charge in [-0.2, -0.15) is 5.10 Å². The maximum Gasteiger partial charge on any atom is 0.311 e. The molecule has 2 aromatic rings. The van der Waals surface area contributed by atoms with Crippen LogP contribution in [0.5, 0.6) is 0 Å². The van der Waals surface area contributed by atoms with Gasteiger partial charge in [0.1, 0.15) is 5.82 Å². The number of carbonyl (C=O) groups excluding carboxylic acids is 1. The lowest BCUT2D eigenvalue weighted by Crippen LogP contribution is -2.07. The lowest BCUT2D eigenvalue weighted by atomic mass is 10.1. The number of nitrogens with zero attached hydrogens (tertiary/aromatic N) is 1. The molecule has 4 nitrogen and oxygen atoms in total. The van der Waals surface area contributed by atoms with E-state index in [0.29, 0.717) is 23.2 Å². The number of rotatable bonds is 3. The van der Waals surface area contributed by atoms with E-state index in [1.807, 2.05) is 0 Å². The fourth-order valence-electron chi connectivity index (χ4n) is 1.53. The number of hydrogen-bond donors (Lipinski definition) is 1. The molecule has 0 unspecified atom stereocenters. The van der Waals surface area contributed by atoms with E-state index in [1.165, 1.54) is 12.1 Å². The van der Waals surface area contributed by atoms with Gasteiger partial charge in [-0.1, -0.05) is 0 Å². The minimum Gasteiger partial charge on any atom is -0.466 e. The zero-order valence-electron chi connectivity index (χ0n) is 8.79. The highest BCUT2D eigenvalue weighted by molar-refractivity contribution is 5.85. The molecule has 0 saturated carbocycles. The van der Waals surface area contributed by atoms with Crippen LogP contribution < -0.4 is 0 Å². The number of esters is 1. The van der Waals surface area contributed by atoms with Crippen molar-refractivity contribution in [3.8, 4) is 0 Å². The van der Waals surface area contributed by atoms with Crippen LogP contribution >= 0.6 is 0 Å². The Balaban J connectivity index is 2.30. The van der Waals surface area contributed by atoms with E-state index in [4.69, 9.17) is 4.74 Å². The molecule has 0 fully saturated rings. The van der Waals surface area contributed by atoms with Gasteiger partial charge >= 0.3 is 5.97 Å². The fraction of sp³-hybridized carbons (Fsp3) is 0.273. The number of benzene rings is 1. The predicted octanol–water partition coefficient (Wildman–Crippen LogP) is 1.81. The molecule has 0 bridgehead atoms. The number of aromatic amines is 1. The molecule has 0 aliphatic rings. The van der Waals surface area contributed by atoms with Crippen LogP contribution in [0.25, 0.3) is 10.9 Å². The second kappa shape index (κ2) is 4.30. The van der Waals surface area contributed by atoms with Crippen LogP contribution in [-0.2, 0) is 16.0 Å². The summed E-state index contributed by atoms with van der Waals surface area (Å²) in [6.07, 6.45) is 0.0772. The minimum absolute atomic E-state index is 0.0772. The van der Waals surface area contributed by atoms with Crippen LogP contribution in [-0.4, -0.2) is 22.8 Å². The lowest BCUT2D eigenvalue weighted by Gasteiger charge is -1.99. The second-order valence-corrected chi connectivity index (χ2v) is 3.35. The highest BCUT2D eigenvalue weighted by Gasteiger charge is 2.11. The average Bonchev–Trinajstić information content (AvgIpc) is 2.61.